The van der Waals surface area contributed by atoms with Gasteiger partial charge in [-0.3, -0.25) is 9.69 Å². The average Bonchev–Trinajstić information content (AvgIpc) is 3.44. The van der Waals surface area contributed by atoms with Gasteiger partial charge in [0, 0.05) is 54.5 Å². The van der Waals surface area contributed by atoms with Crippen molar-refractivity contribution in [3.8, 4) is 0 Å². The molecule has 0 spiro atoms. The van der Waals surface area contributed by atoms with E-state index >= 15 is 0 Å². The largest absolute Gasteiger partial charge is 0.451 e. The van der Waals surface area contributed by atoms with Crippen LogP contribution in [0.5, 0.6) is 0 Å². The number of amides is 1. The summed E-state index contributed by atoms with van der Waals surface area (Å²) in [5.74, 6) is 0.958. The van der Waals surface area contributed by atoms with Crippen LogP contribution in [0.15, 0.2) is 52.9 Å². The smallest absolute Gasteiger partial charge is 0.291 e. The molecule has 5 rings (SSSR count). The molecule has 0 atom stereocenters. The Bertz CT molecular complexity index is 1040. The van der Waals surface area contributed by atoms with Crippen molar-refractivity contribution in [3.63, 3.8) is 0 Å². The molecule has 1 aromatic heterocycles. The molecular weight excluding hydrogens is 386 g/mol. The molecule has 2 aromatic carbocycles. The maximum atomic E-state index is 12.6. The van der Waals surface area contributed by atoms with Crippen molar-refractivity contribution < 1.29 is 9.21 Å². The second-order valence-electron chi connectivity index (χ2n) is 8.03. The Labute approximate surface area is 175 Å². The van der Waals surface area contributed by atoms with E-state index in [1.807, 2.05) is 18.2 Å². The van der Waals surface area contributed by atoms with E-state index in [1.165, 1.54) is 19.4 Å². The van der Waals surface area contributed by atoms with E-state index in [1.54, 1.807) is 24.3 Å². The lowest BCUT2D eigenvalue weighted by atomic mass is 10.2. The summed E-state index contributed by atoms with van der Waals surface area (Å²) in [6, 6.07) is 15.1. The Kier molecular flexibility index (Phi) is 4.94. The lowest BCUT2D eigenvalue weighted by Crippen LogP contribution is -2.47. The molecule has 5 nitrogen and oxygen atoms in total. The minimum absolute atomic E-state index is 0.260. The Morgan fingerprint density at radius 2 is 1.90 bits per heavy atom. The molecule has 29 heavy (non-hydrogen) atoms. The number of hydrogen-bond donors (Lipinski definition) is 1. The molecule has 1 saturated carbocycles. The summed E-state index contributed by atoms with van der Waals surface area (Å²) < 4.78 is 5.67. The number of rotatable bonds is 5. The number of carbonyl (C=O) groups is 1. The normalized spacial score (nSPS) is 17.6. The standard InChI is InChI=1S/C23H24ClN3O2/c24-18-6-7-21-17(12-18)13-22(29-21)23(28)25-19-2-1-3-20(14-19)27-10-8-26(9-11-27)15-16-4-5-16/h1-3,6-7,12-14,16H,4-5,8-11,15H2,(H,25,28). The lowest BCUT2D eigenvalue weighted by Gasteiger charge is -2.36. The van der Waals surface area contributed by atoms with Crippen LogP contribution >= 0.6 is 11.6 Å². The molecule has 0 radical (unpaired) electrons. The molecule has 1 amide bonds. The van der Waals surface area contributed by atoms with E-state index < -0.39 is 0 Å². The number of halogens is 1. The van der Waals surface area contributed by atoms with E-state index in [9.17, 15) is 4.79 Å². The third kappa shape index (κ3) is 4.26. The fourth-order valence-electron chi connectivity index (χ4n) is 3.95. The molecule has 1 saturated heterocycles. The van der Waals surface area contributed by atoms with Gasteiger partial charge in [-0.2, -0.15) is 0 Å². The van der Waals surface area contributed by atoms with Crippen LogP contribution in [0.25, 0.3) is 11.0 Å². The Balaban J connectivity index is 1.25. The van der Waals surface area contributed by atoms with Gasteiger partial charge in [-0.25, -0.2) is 0 Å². The van der Waals surface area contributed by atoms with Crippen molar-refractivity contribution in [2.24, 2.45) is 5.92 Å². The zero-order chi connectivity index (χ0) is 19.8. The number of piperazine rings is 1. The fourth-order valence-corrected chi connectivity index (χ4v) is 4.13. The third-order valence-electron chi connectivity index (χ3n) is 5.76. The number of nitrogens with one attached hydrogen (secondary N) is 1. The molecule has 150 valence electrons. The topological polar surface area (TPSA) is 48.7 Å². The number of anilines is 2. The van der Waals surface area contributed by atoms with Gasteiger partial charge < -0.3 is 14.6 Å². The number of fused-ring (bicyclic) bond motifs is 1. The van der Waals surface area contributed by atoms with Gasteiger partial charge in [-0.15, -0.1) is 0 Å². The number of furan rings is 1. The minimum atomic E-state index is -0.260. The molecule has 2 heterocycles. The van der Waals surface area contributed by atoms with Gasteiger partial charge in [0.15, 0.2) is 5.76 Å². The number of hydrogen-bond acceptors (Lipinski definition) is 4. The maximum Gasteiger partial charge on any atom is 0.291 e. The first-order valence-electron chi connectivity index (χ1n) is 10.2. The third-order valence-corrected chi connectivity index (χ3v) is 5.99. The molecule has 6 heteroatoms. The second-order valence-corrected chi connectivity index (χ2v) is 8.46. The zero-order valence-electron chi connectivity index (χ0n) is 16.2. The van der Waals surface area contributed by atoms with Crippen LogP contribution in [-0.2, 0) is 0 Å². The number of carbonyl (C=O) groups excluding carboxylic acids is 1. The van der Waals surface area contributed by atoms with Gasteiger partial charge >= 0.3 is 0 Å². The molecule has 2 fully saturated rings. The predicted octanol–water partition coefficient (Wildman–Crippen LogP) is 4.87. The summed E-state index contributed by atoms with van der Waals surface area (Å²) in [6.45, 7) is 5.51. The van der Waals surface area contributed by atoms with Crippen LogP contribution in [-0.4, -0.2) is 43.5 Å². The highest BCUT2D eigenvalue weighted by atomic mass is 35.5. The van der Waals surface area contributed by atoms with E-state index in [0.717, 1.165) is 48.9 Å². The lowest BCUT2D eigenvalue weighted by molar-refractivity contribution is 0.0998. The highest BCUT2D eigenvalue weighted by Crippen LogP contribution is 2.30. The van der Waals surface area contributed by atoms with Crippen molar-refractivity contribution in [2.75, 3.05) is 42.9 Å². The van der Waals surface area contributed by atoms with E-state index in [4.69, 9.17) is 16.0 Å². The molecule has 1 aliphatic heterocycles. The number of nitrogens with zero attached hydrogens (tertiary/aromatic N) is 2. The summed E-state index contributed by atoms with van der Waals surface area (Å²) in [5, 5.41) is 4.39. The minimum Gasteiger partial charge on any atom is -0.451 e. The van der Waals surface area contributed by atoms with E-state index in [0.29, 0.717) is 10.6 Å². The molecule has 0 bridgehead atoms. The van der Waals surface area contributed by atoms with Crippen molar-refractivity contribution >= 4 is 39.9 Å². The van der Waals surface area contributed by atoms with Crippen LogP contribution in [0.2, 0.25) is 5.02 Å². The van der Waals surface area contributed by atoms with Crippen LogP contribution in [0.1, 0.15) is 23.4 Å². The number of benzene rings is 2. The highest BCUT2D eigenvalue weighted by molar-refractivity contribution is 6.31. The van der Waals surface area contributed by atoms with Crippen molar-refractivity contribution in [3.05, 3.63) is 59.3 Å². The van der Waals surface area contributed by atoms with Gasteiger partial charge in [0.05, 0.1) is 0 Å². The molecule has 3 aromatic rings. The van der Waals surface area contributed by atoms with Crippen molar-refractivity contribution in [1.82, 2.24) is 4.90 Å². The van der Waals surface area contributed by atoms with Crippen molar-refractivity contribution in [2.45, 2.75) is 12.8 Å². The maximum absolute atomic E-state index is 12.6. The summed E-state index contributed by atoms with van der Waals surface area (Å²) in [5.41, 5.74) is 2.56. The first-order valence-corrected chi connectivity index (χ1v) is 10.6. The van der Waals surface area contributed by atoms with Crippen molar-refractivity contribution in [1.29, 1.82) is 0 Å². The summed E-state index contributed by atoms with van der Waals surface area (Å²) in [6.07, 6.45) is 2.81. The molecule has 1 N–H and O–H groups in total. The highest BCUT2D eigenvalue weighted by Gasteiger charge is 2.26. The van der Waals surface area contributed by atoms with Crippen LogP contribution in [0.3, 0.4) is 0 Å². The Hall–Kier alpha value is -2.50. The average molecular weight is 410 g/mol. The van der Waals surface area contributed by atoms with E-state index in [2.05, 4.69) is 21.2 Å². The SMILES string of the molecule is O=C(Nc1cccc(N2CCN(CC3CC3)CC2)c1)c1cc2cc(Cl)ccc2o1. The Morgan fingerprint density at radius 3 is 2.69 bits per heavy atom. The second kappa shape index (κ2) is 7.73. The van der Waals surface area contributed by atoms with E-state index in [-0.39, 0.29) is 11.7 Å². The fraction of sp³-hybridized carbons (Fsp3) is 0.348. The summed E-state index contributed by atoms with van der Waals surface area (Å²) in [7, 11) is 0. The van der Waals surface area contributed by atoms with Gasteiger partial charge in [0.25, 0.3) is 5.91 Å². The molecular formula is C23H24ClN3O2. The first-order chi connectivity index (χ1) is 14.1. The van der Waals surface area contributed by atoms with Gasteiger partial charge in [0.1, 0.15) is 5.58 Å². The molecule has 0 unspecified atom stereocenters. The van der Waals surface area contributed by atoms with Gasteiger partial charge in [-0.1, -0.05) is 17.7 Å². The predicted molar refractivity (Wildman–Crippen MR) is 117 cm³/mol. The molecule has 2 aliphatic rings. The first kappa shape index (κ1) is 18.5. The molecule has 1 aliphatic carbocycles. The van der Waals surface area contributed by atoms with Gasteiger partial charge in [-0.05, 0) is 61.2 Å². The summed E-state index contributed by atoms with van der Waals surface area (Å²) >= 11 is 6.02. The monoisotopic (exact) mass is 409 g/mol. The van der Waals surface area contributed by atoms with Gasteiger partial charge in [0.2, 0.25) is 0 Å². The summed E-state index contributed by atoms with van der Waals surface area (Å²) in [4.78, 5) is 17.6. The quantitative estimate of drug-likeness (QED) is 0.653. The Morgan fingerprint density at radius 1 is 1.07 bits per heavy atom. The van der Waals surface area contributed by atoms with Crippen LogP contribution < -0.4 is 10.2 Å². The zero-order valence-corrected chi connectivity index (χ0v) is 17.0. The van der Waals surface area contributed by atoms with Crippen LogP contribution in [0, 0.1) is 5.92 Å². The van der Waals surface area contributed by atoms with Crippen LogP contribution in [0.4, 0.5) is 11.4 Å².